The first-order chi connectivity index (χ1) is 14.3. The van der Waals surface area contributed by atoms with Crippen molar-refractivity contribution in [1.29, 1.82) is 5.26 Å². The van der Waals surface area contributed by atoms with E-state index in [4.69, 9.17) is 12.2 Å². The van der Waals surface area contributed by atoms with Gasteiger partial charge >= 0.3 is 0 Å². The van der Waals surface area contributed by atoms with Gasteiger partial charge in [0, 0.05) is 31.7 Å². The van der Waals surface area contributed by atoms with Crippen molar-refractivity contribution in [2.24, 2.45) is 5.92 Å². The Balaban J connectivity index is 2.20. The van der Waals surface area contributed by atoms with Gasteiger partial charge in [-0.15, -0.1) is 0 Å². The van der Waals surface area contributed by atoms with Crippen molar-refractivity contribution < 1.29 is 4.79 Å². The number of pyridine rings is 1. The van der Waals surface area contributed by atoms with Crippen molar-refractivity contribution in [1.82, 2.24) is 9.47 Å². The van der Waals surface area contributed by atoms with Crippen LogP contribution in [0.3, 0.4) is 0 Å². The highest BCUT2D eigenvalue weighted by atomic mass is 32.2. The van der Waals surface area contributed by atoms with Crippen LogP contribution in [0.2, 0.25) is 0 Å². The fourth-order valence-electron chi connectivity index (χ4n) is 4.05. The Bertz CT molecular complexity index is 998. The lowest BCUT2D eigenvalue weighted by Crippen LogP contribution is -2.39. The first-order valence-corrected chi connectivity index (χ1v) is 11.7. The summed E-state index contributed by atoms with van der Waals surface area (Å²) >= 11 is 6.70. The molecule has 1 aromatic heterocycles. The monoisotopic (exact) mass is 444 g/mol. The van der Waals surface area contributed by atoms with Crippen molar-refractivity contribution in [3.8, 4) is 6.07 Å². The number of anilines is 1. The second-order valence-electron chi connectivity index (χ2n) is 7.90. The number of rotatable bonds is 5. The molecule has 160 valence electrons. The van der Waals surface area contributed by atoms with Crippen LogP contribution >= 0.6 is 24.0 Å². The highest BCUT2D eigenvalue weighted by molar-refractivity contribution is 8.26. The van der Waals surface area contributed by atoms with Gasteiger partial charge in [-0.3, -0.25) is 19.1 Å². The summed E-state index contributed by atoms with van der Waals surface area (Å²) in [5.74, 6) is 1.36. The molecule has 2 fully saturated rings. The van der Waals surface area contributed by atoms with E-state index in [1.54, 1.807) is 16.4 Å². The van der Waals surface area contributed by atoms with Crippen LogP contribution in [-0.4, -0.2) is 39.3 Å². The van der Waals surface area contributed by atoms with Crippen molar-refractivity contribution in [3.63, 3.8) is 0 Å². The van der Waals surface area contributed by atoms with Crippen molar-refractivity contribution in [3.05, 3.63) is 31.9 Å². The van der Waals surface area contributed by atoms with Gasteiger partial charge in [0.25, 0.3) is 11.5 Å². The number of hydrogen-bond donors (Lipinski definition) is 0. The quantitative estimate of drug-likeness (QED) is 0.507. The number of thioether (sulfide) groups is 1. The van der Waals surface area contributed by atoms with Crippen LogP contribution in [0.1, 0.15) is 56.7 Å². The minimum absolute atomic E-state index is 0.0998. The number of carbonyl (C=O) groups is 1. The molecule has 2 saturated heterocycles. The predicted octanol–water partition coefficient (Wildman–Crippen LogP) is 3.90. The van der Waals surface area contributed by atoms with E-state index in [1.807, 2.05) is 19.9 Å². The highest BCUT2D eigenvalue weighted by Gasteiger charge is 2.33. The van der Waals surface area contributed by atoms with E-state index >= 15 is 0 Å². The number of hydrogen-bond acceptors (Lipinski definition) is 6. The first-order valence-electron chi connectivity index (χ1n) is 10.5. The van der Waals surface area contributed by atoms with Gasteiger partial charge < -0.3 is 4.90 Å². The number of aromatic nitrogens is 1. The molecular weight excluding hydrogens is 416 g/mol. The van der Waals surface area contributed by atoms with Gasteiger partial charge in [0.15, 0.2) is 0 Å². The summed E-state index contributed by atoms with van der Waals surface area (Å²) in [6.45, 7) is 10.7. The van der Waals surface area contributed by atoms with E-state index in [0.29, 0.717) is 33.8 Å². The zero-order valence-corrected chi connectivity index (χ0v) is 19.7. The van der Waals surface area contributed by atoms with E-state index in [0.717, 1.165) is 43.7 Å². The average Bonchev–Trinajstić information content (AvgIpc) is 2.98. The van der Waals surface area contributed by atoms with E-state index in [1.165, 1.54) is 11.8 Å². The summed E-state index contributed by atoms with van der Waals surface area (Å²) in [7, 11) is 0. The van der Waals surface area contributed by atoms with E-state index < -0.39 is 0 Å². The van der Waals surface area contributed by atoms with Crippen LogP contribution in [0.4, 0.5) is 5.82 Å². The molecule has 3 heterocycles. The lowest BCUT2D eigenvalue weighted by molar-refractivity contribution is -0.122. The summed E-state index contributed by atoms with van der Waals surface area (Å²) < 4.78 is 2.24. The molecule has 0 aromatic carbocycles. The van der Waals surface area contributed by atoms with Gasteiger partial charge in [-0.1, -0.05) is 37.8 Å². The van der Waals surface area contributed by atoms with Gasteiger partial charge in [-0.25, -0.2) is 0 Å². The minimum atomic E-state index is -0.262. The van der Waals surface area contributed by atoms with Crippen LogP contribution in [0.25, 0.3) is 6.08 Å². The Kier molecular flexibility index (Phi) is 7.04. The maximum atomic E-state index is 13.0. The summed E-state index contributed by atoms with van der Waals surface area (Å²) in [5, 5.41) is 9.65. The van der Waals surface area contributed by atoms with Crippen LogP contribution in [-0.2, 0) is 11.3 Å². The molecule has 2 aliphatic rings. The van der Waals surface area contributed by atoms with E-state index in [9.17, 15) is 14.9 Å². The number of nitrogens with zero attached hydrogens (tertiary/aromatic N) is 4. The number of carbonyl (C=O) groups excluding carboxylic acids is 1. The summed E-state index contributed by atoms with van der Waals surface area (Å²) in [5.41, 5.74) is 1.28. The number of thiocarbonyl (C=S) groups is 1. The van der Waals surface area contributed by atoms with Crippen LogP contribution in [0.5, 0.6) is 0 Å². The van der Waals surface area contributed by atoms with E-state index in [2.05, 4.69) is 17.9 Å². The second-order valence-corrected chi connectivity index (χ2v) is 9.58. The Morgan fingerprint density at radius 1 is 1.27 bits per heavy atom. The first kappa shape index (κ1) is 22.6. The Labute approximate surface area is 187 Å². The van der Waals surface area contributed by atoms with Crippen molar-refractivity contribution in [2.75, 3.05) is 24.5 Å². The van der Waals surface area contributed by atoms with Gasteiger partial charge in [-0.05, 0) is 50.7 Å². The predicted molar refractivity (Wildman–Crippen MR) is 127 cm³/mol. The van der Waals surface area contributed by atoms with Gasteiger partial charge in [0.05, 0.1) is 4.91 Å². The Morgan fingerprint density at radius 2 is 1.93 bits per heavy atom. The SMILES string of the molecule is CCCN1C(=O)/C(=C/c2c(C)c(C#N)c(=O)n(CC)c2N2CCC(C)CC2)SC1=S. The highest BCUT2D eigenvalue weighted by Crippen LogP contribution is 2.36. The topological polar surface area (TPSA) is 69.3 Å². The minimum Gasteiger partial charge on any atom is -0.357 e. The molecule has 0 unspecified atom stereocenters. The summed E-state index contributed by atoms with van der Waals surface area (Å²) in [6, 6.07) is 2.08. The molecule has 0 saturated carbocycles. The number of amides is 1. The molecule has 30 heavy (non-hydrogen) atoms. The van der Waals surface area contributed by atoms with Gasteiger partial charge in [-0.2, -0.15) is 5.26 Å². The molecule has 2 aliphatic heterocycles. The van der Waals surface area contributed by atoms with Crippen molar-refractivity contribution >= 4 is 46.1 Å². The summed E-state index contributed by atoms with van der Waals surface area (Å²) in [6.07, 6.45) is 4.77. The smallest absolute Gasteiger partial charge is 0.270 e. The molecule has 8 heteroatoms. The van der Waals surface area contributed by atoms with Crippen LogP contribution in [0, 0.1) is 24.2 Å². The lowest BCUT2D eigenvalue weighted by atomic mass is 9.97. The maximum Gasteiger partial charge on any atom is 0.270 e. The zero-order chi connectivity index (χ0) is 22.0. The molecule has 6 nitrogen and oxygen atoms in total. The number of piperidine rings is 1. The fourth-order valence-corrected chi connectivity index (χ4v) is 5.34. The fraction of sp³-hybridized carbons (Fsp3) is 0.545. The zero-order valence-electron chi connectivity index (χ0n) is 18.0. The molecule has 1 amide bonds. The third-order valence-corrected chi connectivity index (χ3v) is 7.22. The number of nitriles is 1. The lowest BCUT2D eigenvalue weighted by Gasteiger charge is -2.35. The Hall–Kier alpha value is -2.11. The van der Waals surface area contributed by atoms with Crippen LogP contribution in [0.15, 0.2) is 9.70 Å². The molecule has 1 aromatic rings. The standard InChI is InChI=1S/C22H28N4O2S2/c1-5-9-26-21(28)18(30-22(26)29)12-16-15(4)17(13-23)20(27)25(6-2)19(16)24-10-7-14(3)8-11-24/h12,14H,5-11H2,1-4H3/b18-12-. The second kappa shape index (κ2) is 9.36. The maximum absolute atomic E-state index is 13.0. The largest absolute Gasteiger partial charge is 0.357 e. The molecule has 0 atom stereocenters. The van der Waals surface area contributed by atoms with Crippen LogP contribution < -0.4 is 10.5 Å². The van der Waals surface area contributed by atoms with E-state index in [-0.39, 0.29) is 17.0 Å². The molecule has 3 rings (SSSR count). The molecule has 0 bridgehead atoms. The molecular formula is C22H28N4O2S2. The van der Waals surface area contributed by atoms with Gasteiger partial charge in [0.2, 0.25) is 0 Å². The third-order valence-electron chi connectivity index (χ3n) is 5.84. The normalized spacial score (nSPS) is 19.1. The molecule has 0 aliphatic carbocycles. The average molecular weight is 445 g/mol. The molecule has 0 radical (unpaired) electrons. The summed E-state index contributed by atoms with van der Waals surface area (Å²) in [4.78, 5) is 30.4. The molecule has 0 spiro atoms. The molecule has 0 N–H and O–H groups in total. The van der Waals surface area contributed by atoms with Crippen molar-refractivity contribution in [2.45, 2.75) is 53.5 Å². The third kappa shape index (κ3) is 4.06. The van der Waals surface area contributed by atoms with Gasteiger partial charge in [0.1, 0.15) is 21.8 Å². The Morgan fingerprint density at radius 3 is 2.50 bits per heavy atom.